The first-order valence-corrected chi connectivity index (χ1v) is 8.26. The molecular weight excluding hydrogens is 297 g/mol. The van der Waals surface area contributed by atoms with Crippen molar-refractivity contribution in [3.05, 3.63) is 29.6 Å². The summed E-state index contributed by atoms with van der Waals surface area (Å²) in [6, 6.07) is 3.48. The Morgan fingerprint density at radius 3 is 2.81 bits per heavy atom. The van der Waals surface area contributed by atoms with Crippen molar-refractivity contribution in [2.45, 2.75) is 31.0 Å². The zero-order chi connectivity index (χ0) is 15.6. The Balaban J connectivity index is 2.30. The van der Waals surface area contributed by atoms with Gasteiger partial charge in [0.1, 0.15) is 5.82 Å². The van der Waals surface area contributed by atoms with Crippen molar-refractivity contribution in [3.8, 4) is 0 Å². The van der Waals surface area contributed by atoms with Gasteiger partial charge in [-0.25, -0.2) is 12.8 Å². The van der Waals surface area contributed by atoms with Crippen LogP contribution < -0.4 is 0 Å². The van der Waals surface area contributed by atoms with E-state index < -0.39 is 22.4 Å². The number of rotatable bonds is 4. The summed E-state index contributed by atoms with van der Waals surface area (Å²) in [5.74, 6) is -0.318. The van der Waals surface area contributed by atoms with E-state index in [4.69, 9.17) is 9.84 Å². The number of aliphatic hydroxyl groups is 1. The van der Waals surface area contributed by atoms with Gasteiger partial charge >= 0.3 is 0 Å². The Morgan fingerprint density at radius 1 is 1.48 bits per heavy atom. The average Bonchev–Trinajstić information content (AvgIpc) is 2.47. The number of methoxy groups -OCH3 is 1. The largest absolute Gasteiger partial charge is 0.392 e. The van der Waals surface area contributed by atoms with Gasteiger partial charge < -0.3 is 9.84 Å². The standard InChI is InChI=1S/C14H20FNO4S/c1-10-5-6-16(8-14(10)20-2)21(18,19)12-3-4-13(15)11(7-12)9-17/h3-4,7,10,14,17H,5-6,8-9H2,1-2H3. The van der Waals surface area contributed by atoms with E-state index in [1.807, 2.05) is 6.92 Å². The molecular formula is C14H20FNO4S. The smallest absolute Gasteiger partial charge is 0.243 e. The third-order valence-electron chi connectivity index (χ3n) is 3.98. The van der Waals surface area contributed by atoms with Gasteiger partial charge in [0.2, 0.25) is 10.0 Å². The number of nitrogens with zero attached hydrogens (tertiary/aromatic N) is 1. The van der Waals surface area contributed by atoms with Crippen LogP contribution in [0, 0.1) is 11.7 Å². The average molecular weight is 317 g/mol. The molecule has 0 bridgehead atoms. The Labute approximate surface area is 124 Å². The highest BCUT2D eigenvalue weighted by molar-refractivity contribution is 7.89. The van der Waals surface area contributed by atoms with Crippen LogP contribution >= 0.6 is 0 Å². The van der Waals surface area contributed by atoms with E-state index in [9.17, 15) is 12.8 Å². The number of benzene rings is 1. The second kappa shape index (κ2) is 6.39. The van der Waals surface area contributed by atoms with Crippen LogP contribution in [-0.2, 0) is 21.4 Å². The van der Waals surface area contributed by atoms with Gasteiger partial charge in [-0.15, -0.1) is 0 Å². The summed E-state index contributed by atoms with van der Waals surface area (Å²) >= 11 is 0. The molecule has 2 unspecified atom stereocenters. The minimum atomic E-state index is -3.70. The van der Waals surface area contributed by atoms with Gasteiger partial charge in [0.25, 0.3) is 0 Å². The lowest BCUT2D eigenvalue weighted by Gasteiger charge is -2.35. The predicted octanol–water partition coefficient (Wildman–Crippen LogP) is 1.36. The normalized spacial score (nSPS) is 24.2. The van der Waals surface area contributed by atoms with Crippen LogP contribution in [0.2, 0.25) is 0 Å². The lowest BCUT2D eigenvalue weighted by Crippen LogP contribution is -2.46. The van der Waals surface area contributed by atoms with Crippen LogP contribution in [0.3, 0.4) is 0 Å². The van der Waals surface area contributed by atoms with Gasteiger partial charge in [-0.05, 0) is 30.5 Å². The Bertz CT molecular complexity index is 605. The Kier molecular flexibility index (Phi) is 4.98. The van der Waals surface area contributed by atoms with E-state index in [0.717, 1.165) is 6.07 Å². The highest BCUT2D eigenvalue weighted by atomic mass is 32.2. The van der Waals surface area contributed by atoms with Gasteiger partial charge in [-0.3, -0.25) is 0 Å². The highest BCUT2D eigenvalue weighted by Crippen LogP contribution is 2.26. The lowest BCUT2D eigenvalue weighted by molar-refractivity contribution is 0.0184. The summed E-state index contributed by atoms with van der Waals surface area (Å²) in [7, 11) is -2.13. The van der Waals surface area contributed by atoms with Gasteiger partial charge in [0.05, 0.1) is 17.6 Å². The third-order valence-corrected chi connectivity index (χ3v) is 5.84. The molecule has 0 amide bonds. The molecule has 1 aromatic rings. The molecule has 1 aliphatic heterocycles. The fourth-order valence-electron chi connectivity index (χ4n) is 2.51. The molecule has 5 nitrogen and oxygen atoms in total. The summed E-state index contributed by atoms with van der Waals surface area (Å²) in [5, 5.41) is 9.07. The number of piperidine rings is 1. The fraction of sp³-hybridized carbons (Fsp3) is 0.571. The van der Waals surface area contributed by atoms with Crippen LogP contribution in [0.5, 0.6) is 0 Å². The topological polar surface area (TPSA) is 66.8 Å². The maximum atomic E-state index is 13.4. The number of hydrogen-bond acceptors (Lipinski definition) is 4. The molecule has 1 N–H and O–H groups in total. The zero-order valence-corrected chi connectivity index (χ0v) is 12.9. The van der Waals surface area contributed by atoms with Crippen molar-refractivity contribution in [1.82, 2.24) is 4.31 Å². The second-order valence-corrected chi connectivity index (χ2v) is 7.25. The fourth-order valence-corrected chi connectivity index (χ4v) is 4.03. The monoisotopic (exact) mass is 317 g/mol. The van der Waals surface area contributed by atoms with E-state index in [1.54, 1.807) is 7.11 Å². The minimum absolute atomic E-state index is 0.00245. The van der Waals surface area contributed by atoms with E-state index in [1.165, 1.54) is 16.4 Å². The van der Waals surface area contributed by atoms with Gasteiger partial charge in [0.15, 0.2) is 0 Å². The summed E-state index contributed by atoms with van der Waals surface area (Å²) < 4.78 is 45.3. The molecule has 118 valence electrons. The van der Waals surface area contributed by atoms with Gasteiger partial charge in [0, 0.05) is 25.8 Å². The molecule has 2 atom stereocenters. The summed E-state index contributed by atoms with van der Waals surface area (Å²) in [4.78, 5) is -0.00245. The first-order valence-electron chi connectivity index (χ1n) is 6.82. The number of ether oxygens (including phenoxy) is 1. The molecule has 7 heteroatoms. The first kappa shape index (κ1) is 16.4. The molecule has 0 radical (unpaired) electrons. The van der Waals surface area contributed by atoms with Crippen molar-refractivity contribution >= 4 is 10.0 Å². The number of hydrogen-bond donors (Lipinski definition) is 1. The molecule has 1 saturated heterocycles. The highest BCUT2D eigenvalue weighted by Gasteiger charge is 2.34. The van der Waals surface area contributed by atoms with E-state index >= 15 is 0 Å². The molecule has 1 aromatic carbocycles. The van der Waals surface area contributed by atoms with Crippen LogP contribution in [0.25, 0.3) is 0 Å². The Morgan fingerprint density at radius 2 is 2.19 bits per heavy atom. The van der Waals surface area contributed by atoms with E-state index in [0.29, 0.717) is 18.9 Å². The molecule has 21 heavy (non-hydrogen) atoms. The van der Waals surface area contributed by atoms with Crippen molar-refractivity contribution < 1.29 is 22.7 Å². The minimum Gasteiger partial charge on any atom is -0.392 e. The second-order valence-electron chi connectivity index (χ2n) is 5.31. The summed E-state index contributed by atoms with van der Waals surface area (Å²) in [5.41, 5.74) is -0.0234. The summed E-state index contributed by atoms with van der Waals surface area (Å²) in [6.07, 6.45) is 0.567. The molecule has 1 fully saturated rings. The van der Waals surface area contributed by atoms with Crippen molar-refractivity contribution in [2.24, 2.45) is 5.92 Å². The quantitative estimate of drug-likeness (QED) is 0.910. The maximum Gasteiger partial charge on any atom is 0.243 e. The molecule has 0 aromatic heterocycles. The van der Waals surface area contributed by atoms with Gasteiger partial charge in [-0.1, -0.05) is 6.92 Å². The number of sulfonamides is 1. The van der Waals surface area contributed by atoms with Crippen LogP contribution in [-0.4, -0.2) is 44.1 Å². The molecule has 0 aliphatic carbocycles. The van der Waals surface area contributed by atoms with Crippen LogP contribution in [0.15, 0.2) is 23.1 Å². The zero-order valence-electron chi connectivity index (χ0n) is 12.1. The Hall–Kier alpha value is -1.02. The molecule has 0 spiro atoms. The number of halogens is 1. The van der Waals surface area contributed by atoms with Crippen LogP contribution in [0.4, 0.5) is 4.39 Å². The van der Waals surface area contributed by atoms with E-state index in [-0.39, 0.29) is 23.1 Å². The molecule has 2 rings (SSSR count). The van der Waals surface area contributed by atoms with Crippen LogP contribution in [0.1, 0.15) is 18.9 Å². The third kappa shape index (κ3) is 3.26. The molecule has 1 heterocycles. The van der Waals surface area contributed by atoms with Crippen molar-refractivity contribution in [1.29, 1.82) is 0 Å². The van der Waals surface area contributed by atoms with Crippen molar-refractivity contribution in [3.63, 3.8) is 0 Å². The molecule has 1 aliphatic rings. The lowest BCUT2D eigenvalue weighted by atomic mass is 9.97. The van der Waals surface area contributed by atoms with Gasteiger partial charge in [-0.2, -0.15) is 4.31 Å². The van der Waals surface area contributed by atoms with E-state index in [2.05, 4.69) is 0 Å². The van der Waals surface area contributed by atoms with Crippen molar-refractivity contribution in [2.75, 3.05) is 20.2 Å². The SMILES string of the molecule is COC1CN(S(=O)(=O)c2ccc(F)c(CO)c2)CCC1C. The maximum absolute atomic E-state index is 13.4. The predicted molar refractivity (Wildman–Crippen MR) is 75.7 cm³/mol. The first-order chi connectivity index (χ1) is 9.90. The molecule has 0 saturated carbocycles. The summed E-state index contributed by atoms with van der Waals surface area (Å²) in [6.45, 7) is 2.19. The number of aliphatic hydroxyl groups excluding tert-OH is 1.